The van der Waals surface area contributed by atoms with Crippen molar-refractivity contribution in [1.82, 2.24) is 9.62 Å². The highest BCUT2D eigenvalue weighted by Crippen LogP contribution is 2.33. The van der Waals surface area contributed by atoms with Crippen molar-refractivity contribution in [1.29, 1.82) is 0 Å². The lowest BCUT2D eigenvalue weighted by molar-refractivity contribution is -0.122. The second kappa shape index (κ2) is 10.8. The molecule has 3 rings (SSSR count). The van der Waals surface area contributed by atoms with Gasteiger partial charge >= 0.3 is 0 Å². The Bertz CT molecular complexity index is 1020. The number of hydrogen-bond acceptors (Lipinski definition) is 5. The second-order valence-corrected chi connectivity index (χ2v) is 9.98. The standard InChI is InChI=1S/C24H32N2O5S/c1-4-21(18-9-6-5-7-10-18)24(27)25-12-8-14-32(28,29)26-13-11-19-15-22(30-2)23(31-3)16-20(19)17-26/h5-7,9-10,15-16,21H,4,8,11-14,17H2,1-3H3,(H,25,27). The largest absolute Gasteiger partial charge is 0.493 e. The van der Waals surface area contributed by atoms with Crippen molar-refractivity contribution in [3.8, 4) is 11.5 Å². The van der Waals surface area contributed by atoms with E-state index in [4.69, 9.17) is 9.47 Å². The summed E-state index contributed by atoms with van der Waals surface area (Å²) in [6.07, 6.45) is 1.69. The monoisotopic (exact) mass is 460 g/mol. The van der Waals surface area contributed by atoms with Gasteiger partial charge in [-0.3, -0.25) is 4.79 Å². The second-order valence-electron chi connectivity index (χ2n) is 7.89. The van der Waals surface area contributed by atoms with Crippen LogP contribution in [0.1, 0.15) is 42.4 Å². The SMILES string of the molecule is CCC(C(=O)NCCCS(=O)(=O)N1CCc2cc(OC)c(OC)cc2C1)c1ccccc1. The van der Waals surface area contributed by atoms with E-state index >= 15 is 0 Å². The summed E-state index contributed by atoms with van der Waals surface area (Å²) in [5, 5.41) is 2.90. The maximum atomic E-state index is 12.9. The molecule has 2 aromatic rings. The molecular formula is C24H32N2O5S. The van der Waals surface area contributed by atoms with Crippen LogP contribution in [0.25, 0.3) is 0 Å². The van der Waals surface area contributed by atoms with E-state index in [-0.39, 0.29) is 17.6 Å². The summed E-state index contributed by atoms with van der Waals surface area (Å²) in [5.41, 5.74) is 2.98. The van der Waals surface area contributed by atoms with Crippen LogP contribution in [0, 0.1) is 0 Å². The normalized spacial score (nSPS) is 15.0. The lowest BCUT2D eigenvalue weighted by Crippen LogP contribution is -2.38. The fourth-order valence-corrected chi connectivity index (χ4v) is 5.54. The Morgan fingerprint density at radius 3 is 2.38 bits per heavy atom. The predicted molar refractivity (Wildman–Crippen MR) is 125 cm³/mol. The van der Waals surface area contributed by atoms with Gasteiger partial charge in [-0.15, -0.1) is 0 Å². The van der Waals surface area contributed by atoms with Gasteiger partial charge in [-0.1, -0.05) is 37.3 Å². The third-order valence-corrected chi connectivity index (χ3v) is 7.78. The van der Waals surface area contributed by atoms with Gasteiger partial charge in [0, 0.05) is 19.6 Å². The molecule has 1 N–H and O–H groups in total. The van der Waals surface area contributed by atoms with Crippen LogP contribution < -0.4 is 14.8 Å². The fraction of sp³-hybridized carbons (Fsp3) is 0.458. The van der Waals surface area contributed by atoms with E-state index in [1.807, 2.05) is 49.4 Å². The van der Waals surface area contributed by atoms with Crippen molar-refractivity contribution >= 4 is 15.9 Å². The van der Waals surface area contributed by atoms with Crippen molar-refractivity contribution in [2.75, 3.05) is 33.1 Å². The number of ether oxygens (including phenoxy) is 2. The van der Waals surface area contributed by atoms with Crippen LogP contribution in [0.15, 0.2) is 42.5 Å². The van der Waals surface area contributed by atoms with E-state index < -0.39 is 10.0 Å². The quantitative estimate of drug-likeness (QED) is 0.551. The lowest BCUT2D eigenvalue weighted by atomic mass is 9.96. The topological polar surface area (TPSA) is 84.9 Å². The van der Waals surface area contributed by atoms with Crippen LogP contribution in [0.4, 0.5) is 0 Å². The molecule has 1 atom stereocenters. The van der Waals surface area contributed by atoms with E-state index in [1.54, 1.807) is 14.2 Å². The minimum atomic E-state index is -3.43. The molecule has 0 saturated carbocycles. The lowest BCUT2D eigenvalue weighted by Gasteiger charge is -2.29. The minimum Gasteiger partial charge on any atom is -0.493 e. The summed E-state index contributed by atoms with van der Waals surface area (Å²) in [5.74, 6) is 0.955. The third-order valence-electron chi connectivity index (χ3n) is 5.88. The molecule has 1 amide bonds. The molecule has 174 valence electrons. The Kier molecular flexibility index (Phi) is 8.15. The molecule has 0 spiro atoms. The predicted octanol–water partition coefficient (Wildman–Crippen LogP) is 3.09. The molecule has 1 aliphatic heterocycles. The molecule has 0 bridgehead atoms. The zero-order valence-corrected chi connectivity index (χ0v) is 19.8. The first-order chi connectivity index (χ1) is 15.4. The van der Waals surface area contributed by atoms with E-state index in [0.29, 0.717) is 50.4 Å². The van der Waals surface area contributed by atoms with Gasteiger partial charge in [-0.25, -0.2) is 8.42 Å². The van der Waals surface area contributed by atoms with Crippen LogP contribution in [-0.4, -0.2) is 51.7 Å². The van der Waals surface area contributed by atoms with E-state index in [1.165, 1.54) is 4.31 Å². The maximum Gasteiger partial charge on any atom is 0.227 e. The molecule has 2 aromatic carbocycles. The molecule has 1 unspecified atom stereocenters. The van der Waals surface area contributed by atoms with Crippen molar-refractivity contribution in [3.05, 3.63) is 59.2 Å². The van der Waals surface area contributed by atoms with Gasteiger partial charge in [-0.05, 0) is 48.1 Å². The van der Waals surface area contributed by atoms with Gasteiger partial charge in [0.25, 0.3) is 0 Å². The third kappa shape index (κ3) is 5.61. The highest BCUT2D eigenvalue weighted by molar-refractivity contribution is 7.89. The molecule has 0 fully saturated rings. The van der Waals surface area contributed by atoms with Gasteiger partial charge in [0.05, 0.1) is 25.9 Å². The van der Waals surface area contributed by atoms with E-state index in [9.17, 15) is 13.2 Å². The number of hydrogen-bond donors (Lipinski definition) is 1. The van der Waals surface area contributed by atoms with Crippen LogP contribution in [0.2, 0.25) is 0 Å². The average Bonchev–Trinajstić information content (AvgIpc) is 2.81. The maximum absolute atomic E-state index is 12.9. The molecule has 0 radical (unpaired) electrons. The van der Waals surface area contributed by atoms with Crippen molar-refractivity contribution < 1.29 is 22.7 Å². The van der Waals surface area contributed by atoms with Gasteiger partial charge < -0.3 is 14.8 Å². The van der Waals surface area contributed by atoms with Gasteiger partial charge in [0.2, 0.25) is 15.9 Å². The first kappa shape index (κ1) is 24.1. The molecular weight excluding hydrogens is 428 g/mol. The van der Waals surface area contributed by atoms with Crippen LogP contribution in [0.3, 0.4) is 0 Å². The molecule has 0 aliphatic carbocycles. The summed E-state index contributed by atoms with van der Waals surface area (Å²) in [4.78, 5) is 12.6. The number of carbonyl (C=O) groups excluding carboxylic acids is 1. The Hall–Kier alpha value is -2.58. The summed E-state index contributed by atoms with van der Waals surface area (Å²) in [6, 6.07) is 13.4. The van der Waals surface area contributed by atoms with Gasteiger partial charge in [0.15, 0.2) is 11.5 Å². The number of benzene rings is 2. The van der Waals surface area contributed by atoms with Crippen LogP contribution >= 0.6 is 0 Å². The molecule has 0 saturated heterocycles. The number of methoxy groups -OCH3 is 2. The Morgan fingerprint density at radius 1 is 1.09 bits per heavy atom. The number of amides is 1. The number of rotatable bonds is 10. The Balaban J connectivity index is 1.54. The minimum absolute atomic E-state index is 0.00195. The highest BCUT2D eigenvalue weighted by Gasteiger charge is 2.28. The summed E-state index contributed by atoms with van der Waals surface area (Å²) in [6.45, 7) is 3.05. The molecule has 0 aromatic heterocycles. The fourth-order valence-electron chi connectivity index (χ4n) is 4.07. The molecule has 7 nitrogen and oxygen atoms in total. The number of sulfonamides is 1. The highest BCUT2D eigenvalue weighted by atomic mass is 32.2. The van der Waals surface area contributed by atoms with Gasteiger partial charge in [-0.2, -0.15) is 4.31 Å². The van der Waals surface area contributed by atoms with Gasteiger partial charge in [0.1, 0.15) is 0 Å². The zero-order chi connectivity index (χ0) is 23.1. The summed E-state index contributed by atoms with van der Waals surface area (Å²) < 4.78 is 38.0. The van der Waals surface area contributed by atoms with Crippen LogP contribution in [-0.2, 0) is 27.8 Å². The molecule has 32 heavy (non-hydrogen) atoms. The average molecular weight is 461 g/mol. The Labute approximate surface area is 190 Å². The van der Waals surface area contributed by atoms with Crippen molar-refractivity contribution in [2.24, 2.45) is 0 Å². The number of fused-ring (bicyclic) bond motifs is 1. The van der Waals surface area contributed by atoms with Crippen molar-refractivity contribution in [3.63, 3.8) is 0 Å². The molecule has 1 aliphatic rings. The first-order valence-corrected chi connectivity index (χ1v) is 12.5. The van der Waals surface area contributed by atoms with E-state index in [2.05, 4.69) is 5.32 Å². The summed E-state index contributed by atoms with van der Waals surface area (Å²) in [7, 11) is -0.273. The smallest absolute Gasteiger partial charge is 0.227 e. The summed E-state index contributed by atoms with van der Waals surface area (Å²) >= 11 is 0. The molecule has 8 heteroatoms. The van der Waals surface area contributed by atoms with E-state index in [0.717, 1.165) is 16.7 Å². The van der Waals surface area contributed by atoms with Crippen LogP contribution in [0.5, 0.6) is 11.5 Å². The number of carbonyl (C=O) groups is 1. The van der Waals surface area contributed by atoms with Crippen molar-refractivity contribution in [2.45, 2.75) is 38.6 Å². The number of nitrogens with zero attached hydrogens (tertiary/aromatic N) is 1. The zero-order valence-electron chi connectivity index (χ0n) is 19.0. The number of nitrogens with one attached hydrogen (secondary N) is 1. The first-order valence-electron chi connectivity index (χ1n) is 10.9. The molecule has 1 heterocycles. The Morgan fingerprint density at radius 2 is 1.75 bits per heavy atom.